The van der Waals surface area contributed by atoms with Gasteiger partial charge in [0.15, 0.2) is 0 Å². The molecule has 0 aliphatic carbocycles. The van der Waals surface area contributed by atoms with Crippen LogP contribution in [0.5, 0.6) is 0 Å². The maximum Gasteiger partial charge on any atom is 0.0186 e. The van der Waals surface area contributed by atoms with E-state index in [0.29, 0.717) is 0 Å². The maximum atomic E-state index is 5.49. The molecule has 2 nitrogen and oxygen atoms in total. The van der Waals surface area contributed by atoms with Crippen LogP contribution >= 0.6 is 0 Å². The molecule has 0 unspecified atom stereocenters. The van der Waals surface area contributed by atoms with Crippen molar-refractivity contribution >= 4 is 0 Å². The van der Waals surface area contributed by atoms with Crippen molar-refractivity contribution < 1.29 is 0 Å². The normalized spacial score (nSPS) is 10.1. The molecule has 78 valence electrons. The smallest absolute Gasteiger partial charge is 0.0186 e. The highest BCUT2D eigenvalue weighted by Crippen LogP contribution is 2.08. The molecule has 0 fully saturated rings. The predicted octanol–water partition coefficient (Wildman–Crippen LogP) is 2.36. The Bertz CT molecular complexity index is 124. The summed E-state index contributed by atoms with van der Waals surface area (Å²) < 4.78 is 0. The van der Waals surface area contributed by atoms with Crippen molar-refractivity contribution in [1.29, 1.82) is 0 Å². The highest BCUT2D eigenvalue weighted by atomic mass is 15.1. The number of rotatable bonds is 8. The zero-order valence-electron chi connectivity index (χ0n) is 9.18. The number of nitrogens with two attached hydrogens (primary N) is 1. The maximum absolute atomic E-state index is 5.49. The first-order chi connectivity index (χ1) is 6.26. The quantitative estimate of drug-likeness (QED) is 0.627. The first kappa shape index (κ1) is 12.5. The third-order valence-corrected chi connectivity index (χ3v) is 2.27. The van der Waals surface area contributed by atoms with Gasteiger partial charge in [0.1, 0.15) is 0 Å². The molecule has 0 radical (unpaired) electrons. The van der Waals surface area contributed by atoms with E-state index in [2.05, 4.69) is 25.3 Å². The second-order valence-corrected chi connectivity index (χ2v) is 3.40. The number of hydrogen-bond donors (Lipinski definition) is 1. The van der Waals surface area contributed by atoms with Crippen molar-refractivity contribution in [3.05, 3.63) is 12.3 Å². The molecule has 2 heteroatoms. The van der Waals surface area contributed by atoms with Crippen LogP contribution in [0.15, 0.2) is 12.3 Å². The van der Waals surface area contributed by atoms with E-state index in [1.807, 2.05) is 0 Å². The van der Waals surface area contributed by atoms with Gasteiger partial charge in [0, 0.05) is 18.8 Å². The van der Waals surface area contributed by atoms with Crippen molar-refractivity contribution in [2.24, 2.45) is 5.73 Å². The molecule has 0 bridgehead atoms. The Balaban J connectivity index is 3.79. The molecule has 13 heavy (non-hydrogen) atoms. The lowest BCUT2D eigenvalue weighted by molar-refractivity contribution is 0.327. The molecule has 0 rings (SSSR count). The Kier molecular flexibility index (Phi) is 7.80. The van der Waals surface area contributed by atoms with Crippen molar-refractivity contribution in [2.45, 2.75) is 39.5 Å². The average molecular weight is 184 g/mol. The Morgan fingerprint density at radius 1 is 1.23 bits per heavy atom. The Hall–Kier alpha value is -0.500. The minimum atomic E-state index is 0.777. The standard InChI is InChI=1S/C11H24N2/c1-4-6-9-13(10-7-8-12)11(3)5-2/h3-10,12H2,1-2H3. The number of hydrogen-bond acceptors (Lipinski definition) is 2. The first-order valence-electron chi connectivity index (χ1n) is 5.39. The zero-order chi connectivity index (χ0) is 10.1. The summed E-state index contributed by atoms with van der Waals surface area (Å²) in [5, 5.41) is 0. The second-order valence-electron chi connectivity index (χ2n) is 3.40. The van der Waals surface area contributed by atoms with E-state index in [1.54, 1.807) is 0 Å². The predicted molar refractivity (Wildman–Crippen MR) is 59.6 cm³/mol. The molecular weight excluding hydrogens is 160 g/mol. The second kappa shape index (κ2) is 8.11. The van der Waals surface area contributed by atoms with Crippen LogP contribution in [0.4, 0.5) is 0 Å². The average Bonchev–Trinajstić information content (AvgIpc) is 2.17. The van der Waals surface area contributed by atoms with Crippen LogP contribution in [0.1, 0.15) is 39.5 Å². The largest absolute Gasteiger partial charge is 0.375 e. The van der Waals surface area contributed by atoms with Gasteiger partial charge in [0.05, 0.1) is 0 Å². The lowest BCUT2D eigenvalue weighted by Gasteiger charge is -2.25. The molecule has 0 spiro atoms. The minimum Gasteiger partial charge on any atom is -0.375 e. The summed E-state index contributed by atoms with van der Waals surface area (Å²) in [6.45, 7) is 11.4. The van der Waals surface area contributed by atoms with Crippen molar-refractivity contribution in [3.8, 4) is 0 Å². The van der Waals surface area contributed by atoms with Gasteiger partial charge in [-0.1, -0.05) is 26.8 Å². The molecule has 0 heterocycles. The summed E-state index contributed by atoms with van der Waals surface area (Å²) in [6.07, 6.45) is 4.62. The van der Waals surface area contributed by atoms with Crippen LogP contribution in [-0.2, 0) is 0 Å². The van der Waals surface area contributed by atoms with Gasteiger partial charge >= 0.3 is 0 Å². The number of allylic oxidation sites excluding steroid dienone is 1. The van der Waals surface area contributed by atoms with Gasteiger partial charge in [-0.05, 0) is 25.8 Å². The van der Waals surface area contributed by atoms with E-state index >= 15 is 0 Å². The van der Waals surface area contributed by atoms with E-state index < -0.39 is 0 Å². The van der Waals surface area contributed by atoms with Crippen LogP contribution in [0, 0.1) is 0 Å². The highest BCUT2D eigenvalue weighted by molar-refractivity contribution is 4.92. The van der Waals surface area contributed by atoms with Gasteiger partial charge in [-0.25, -0.2) is 0 Å². The molecule has 0 amide bonds. The molecule has 0 aromatic carbocycles. The van der Waals surface area contributed by atoms with Crippen LogP contribution in [0.3, 0.4) is 0 Å². The highest BCUT2D eigenvalue weighted by Gasteiger charge is 2.03. The van der Waals surface area contributed by atoms with E-state index in [0.717, 1.165) is 32.5 Å². The molecule has 0 saturated carbocycles. The Labute approximate surface area is 82.8 Å². The summed E-state index contributed by atoms with van der Waals surface area (Å²) in [4.78, 5) is 2.37. The fraction of sp³-hybridized carbons (Fsp3) is 0.818. The monoisotopic (exact) mass is 184 g/mol. The van der Waals surface area contributed by atoms with Crippen molar-refractivity contribution in [3.63, 3.8) is 0 Å². The fourth-order valence-electron chi connectivity index (χ4n) is 1.28. The summed E-state index contributed by atoms with van der Waals surface area (Å²) >= 11 is 0. The molecule has 0 aromatic heterocycles. The van der Waals surface area contributed by atoms with E-state index in [1.165, 1.54) is 18.5 Å². The molecule has 2 N–H and O–H groups in total. The van der Waals surface area contributed by atoms with Gasteiger partial charge < -0.3 is 10.6 Å². The summed E-state index contributed by atoms with van der Waals surface area (Å²) in [7, 11) is 0. The van der Waals surface area contributed by atoms with Gasteiger partial charge in [-0.2, -0.15) is 0 Å². The fourth-order valence-corrected chi connectivity index (χ4v) is 1.28. The lowest BCUT2D eigenvalue weighted by atomic mass is 10.2. The Morgan fingerprint density at radius 3 is 2.31 bits per heavy atom. The van der Waals surface area contributed by atoms with Gasteiger partial charge in [0.2, 0.25) is 0 Å². The molecular formula is C11H24N2. The molecule has 0 atom stereocenters. The molecule has 0 aliphatic heterocycles. The van der Waals surface area contributed by atoms with Crippen LogP contribution in [0.2, 0.25) is 0 Å². The van der Waals surface area contributed by atoms with Crippen LogP contribution in [-0.4, -0.2) is 24.5 Å². The first-order valence-corrected chi connectivity index (χ1v) is 5.39. The van der Waals surface area contributed by atoms with E-state index in [4.69, 9.17) is 5.73 Å². The third kappa shape index (κ3) is 5.69. The molecule has 0 aromatic rings. The Morgan fingerprint density at radius 2 is 1.85 bits per heavy atom. The molecule has 0 aliphatic rings. The van der Waals surface area contributed by atoms with Gasteiger partial charge in [0.25, 0.3) is 0 Å². The van der Waals surface area contributed by atoms with Crippen LogP contribution in [0.25, 0.3) is 0 Å². The van der Waals surface area contributed by atoms with Crippen LogP contribution < -0.4 is 5.73 Å². The lowest BCUT2D eigenvalue weighted by Crippen LogP contribution is -2.26. The van der Waals surface area contributed by atoms with Crippen molar-refractivity contribution in [2.75, 3.05) is 19.6 Å². The number of nitrogens with zero attached hydrogens (tertiary/aromatic N) is 1. The zero-order valence-corrected chi connectivity index (χ0v) is 9.18. The van der Waals surface area contributed by atoms with E-state index in [-0.39, 0.29) is 0 Å². The SMILES string of the molecule is C=C(CC)N(CCCC)CCCN. The topological polar surface area (TPSA) is 29.3 Å². The summed E-state index contributed by atoms with van der Waals surface area (Å²) in [5.41, 5.74) is 6.74. The molecule has 0 saturated heterocycles. The van der Waals surface area contributed by atoms with Gasteiger partial charge in [-0.15, -0.1) is 0 Å². The third-order valence-electron chi connectivity index (χ3n) is 2.27. The van der Waals surface area contributed by atoms with Gasteiger partial charge in [-0.3, -0.25) is 0 Å². The summed E-state index contributed by atoms with van der Waals surface area (Å²) in [6, 6.07) is 0. The van der Waals surface area contributed by atoms with Crippen molar-refractivity contribution in [1.82, 2.24) is 4.90 Å². The summed E-state index contributed by atoms with van der Waals surface area (Å²) in [5.74, 6) is 0. The number of unbranched alkanes of at least 4 members (excludes halogenated alkanes) is 1. The minimum absolute atomic E-state index is 0.777. The van der Waals surface area contributed by atoms with E-state index in [9.17, 15) is 0 Å².